The summed E-state index contributed by atoms with van der Waals surface area (Å²) < 4.78 is 25.5. The number of nitrogens with two attached hydrogens (primary N) is 1. The number of halogens is 2. The molecule has 2 nitrogen and oxygen atoms in total. The molecule has 66 valence electrons. The van der Waals surface area contributed by atoms with Gasteiger partial charge in [-0.25, -0.2) is 8.78 Å². The first-order chi connectivity index (χ1) is 5.65. The highest BCUT2D eigenvalue weighted by molar-refractivity contribution is 5.29. The van der Waals surface area contributed by atoms with E-state index in [1.165, 1.54) is 0 Å². The maximum atomic E-state index is 12.8. The molecule has 0 saturated carbocycles. The Balaban J connectivity index is 3.05. The molecule has 0 atom stereocenters. The Bertz CT molecular complexity index is 289. The highest BCUT2D eigenvalue weighted by Gasteiger charge is 2.07. The number of hydrogen-bond donors (Lipinski definition) is 2. The second-order valence-corrected chi connectivity index (χ2v) is 2.43. The van der Waals surface area contributed by atoms with Crippen molar-refractivity contribution in [3.8, 4) is 5.75 Å². The zero-order valence-corrected chi connectivity index (χ0v) is 6.35. The fourth-order valence-corrected chi connectivity index (χ4v) is 0.925. The summed E-state index contributed by atoms with van der Waals surface area (Å²) in [5, 5.41) is 8.75. The second kappa shape index (κ2) is 3.49. The minimum absolute atomic E-state index is 0.188. The largest absolute Gasteiger partial charge is 0.505 e. The van der Waals surface area contributed by atoms with Gasteiger partial charge in [-0.05, 0) is 24.6 Å². The molecule has 0 fully saturated rings. The Kier molecular flexibility index (Phi) is 2.60. The molecule has 0 heterocycles. The van der Waals surface area contributed by atoms with Crippen molar-refractivity contribution in [1.82, 2.24) is 0 Å². The van der Waals surface area contributed by atoms with Crippen LogP contribution in [0.15, 0.2) is 12.1 Å². The molecular formula is C8H9F2NO. The van der Waals surface area contributed by atoms with Crippen LogP contribution in [0.5, 0.6) is 5.75 Å². The van der Waals surface area contributed by atoms with E-state index in [2.05, 4.69) is 0 Å². The number of aromatic hydroxyl groups is 1. The topological polar surface area (TPSA) is 46.2 Å². The lowest BCUT2D eigenvalue weighted by molar-refractivity contribution is 0.425. The van der Waals surface area contributed by atoms with Crippen LogP contribution in [0.4, 0.5) is 8.78 Å². The predicted octanol–water partition coefficient (Wildman–Crippen LogP) is 1.17. The van der Waals surface area contributed by atoms with E-state index in [0.29, 0.717) is 0 Å². The van der Waals surface area contributed by atoms with Crippen molar-refractivity contribution in [3.63, 3.8) is 0 Å². The van der Waals surface area contributed by atoms with Gasteiger partial charge in [0.2, 0.25) is 0 Å². The maximum Gasteiger partial charge on any atom is 0.165 e. The molecule has 1 rings (SSSR count). The van der Waals surface area contributed by atoms with Crippen molar-refractivity contribution in [3.05, 3.63) is 29.3 Å². The minimum atomic E-state index is -0.820. The van der Waals surface area contributed by atoms with Crippen LogP contribution in [0.2, 0.25) is 0 Å². The lowest BCUT2D eigenvalue weighted by Crippen LogP contribution is -2.04. The Morgan fingerprint density at radius 2 is 1.92 bits per heavy atom. The second-order valence-electron chi connectivity index (χ2n) is 2.43. The Hall–Kier alpha value is -1.16. The summed E-state index contributed by atoms with van der Waals surface area (Å²) >= 11 is 0. The van der Waals surface area contributed by atoms with Crippen LogP contribution >= 0.6 is 0 Å². The van der Waals surface area contributed by atoms with E-state index in [9.17, 15) is 8.78 Å². The third-order valence-electron chi connectivity index (χ3n) is 1.53. The van der Waals surface area contributed by atoms with Crippen LogP contribution in [-0.4, -0.2) is 11.7 Å². The molecule has 0 aliphatic carbocycles. The summed E-state index contributed by atoms with van der Waals surface area (Å²) in [6.45, 7) is 0.251. The molecule has 0 bridgehead atoms. The van der Waals surface area contributed by atoms with Gasteiger partial charge in [0.05, 0.1) is 0 Å². The average molecular weight is 173 g/mol. The molecule has 1 aromatic rings. The van der Waals surface area contributed by atoms with Crippen molar-refractivity contribution in [2.45, 2.75) is 6.42 Å². The molecule has 3 N–H and O–H groups in total. The van der Waals surface area contributed by atoms with E-state index in [1.54, 1.807) is 0 Å². The van der Waals surface area contributed by atoms with Crippen LogP contribution in [0.25, 0.3) is 0 Å². The van der Waals surface area contributed by atoms with Crippen molar-refractivity contribution >= 4 is 0 Å². The normalized spacial score (nSPS) is 10.2. The van der Waals surface area contributed by atoms with Gasteiger partial charge in [-0.15, -0.1) is 0 Å². The lowest BCUT2D eigenvalue weighted by Gasteiger charge is -2.02. The van der Waals surface area contributed by atoms with Crippen LogP contribution < -0.4 is 5.73 Å². The summed E-state index contributed by atoms with van der Waals surface area (Å²) in [6.07, 6.45) is 0.267. The van der Waals surface area contributed by atoms with E-state index < -0.39 is 17.4 Å². The van der Waals surface area contributed by atoms with Crippen molar-refractivity contribution in [1.29, 1.82) is 0 Å². The molecule has 0 unspecified atom stereocenters. The summed E-state index contributed by atoms with van der Waals surface area (Å²) in [6, 6.07) is 1.71. The molecule has 0 saturated heterocycles. The number of phenolic OH excluding ortho intramolecular Hbond substituents is 1. The maximum absolute atomic E-state index is 12.8. The Morgan fingerprint density at radius 3 is 2.50 bits per heavy atom. The van der Waals surface area contributed by atoms with Gasteiger partial charge in [-0.3, -0.25) is 0 Å². The summed E-state index contributed by atoms with van der Waals surface area (Å²) in [7, 11) is 0. The van der Waals surface area contributed by atoms with Gasteiger partial charge in [0.1, 0.15) is 5.82 Å². The van der Waals surface area contributed by atoms with Gasteiger partial charge in [-0.2, -0.15) is 0 Å². The van der Waals surface area contributed by atoms with Gasteiger partial charge in [0.15, 0.2) is 11.6 Å². The van der Waals surface area contributed by atoms with Crippen LogP contribution in [-0.2, 0) is 6.42 Å². The molecule has 12 heavy (non-hydrogen) atoms. The minimum Gasteiger partial charge on any atom is -0.505 e. The smallest absolute Gasteiger partial charge is 0.165 e. The van der Waals surface area contributed by atoms with E-state index in [4.69, 9.17) is 10.8 Å². The average Bonchev–Trinajstić information content (AvgIpc) is 2.01. The number of hydrogen-bond acceptors (Lipinski definition) is 2. The predicted molar refractivity (Wildman–Crippen MR) is 40.8 cm³/mol. The first-order valence-electron chi connectivity index (χ1n) is 3.52. The quantitative estimate of drug-likeness (QED) is 0.705. The molecule has 0 spiro atoms. The number of benzene rings is 1. The summed E-state index contributed by atoms with van der Waals surface area (Å²) in [5.74, 6) is -2.12. The zero-order valence-electron chi connectivity index (χ0n) is 6.35. The number of rotatable bonds is 2. The standard InChI is InChI=1S/C8H9F2NO/c9-6-4-8(12)7(10)3-5(6)1-2-11/h3-4,12H,1-2,11H2. The molecule has 1 aromatic carbocycles. The van der Waals surface area contributed by atoms with Gasteiger partial charge in [0, 0.05) is 6.07 Å². The number of phenols is 1. The first kappa shape index (κ1) is 8.93. The fraction of sp³-hybridized carbons (Fsp3) is 0.250. The fourth-order valence-electron chi connectivity index (χ4n) is 0.925. The van der Waals surface area contributed by atoms with Crippen molar-refractivity contribution in [2.75, 3.05) is 6.54 Å². The highest BCUT2D eigenvalue weighted by Crippen LogP contribution is 2.19. The van der Waals surface area contributed by atoms with Crippen molar-refractivity contribution in [2.24, 2.45) is 5.73 Å². The van der Waals surface area contributed by atoms with Crippen molar-refractivity contribution < 1.29 is 13.9 Å². The zero-order chi connectivity index (χ0) is 9.14. The third-order valence-corrected chi connectivity index (χ3v) is 1.53. The molecule has 0 radical (unpaired) electrons. The molecule has 0 aliphatic heterocycles. The molecule has 4 heteroatoms. The molecule has 0 aliphatic rings. The van der Waals surface area contributed by atoms with Crippen LogP contribution in [0, 0.1) is 11.6 Å². The Labute approximate surface area is 68.6 Å². The van der Waals surface area contributed by atoms with E-state index in [-0.39, 0.29) is 18.5 Å². The van der Waals surface area contributed by atoms with Gasteiger partial charge >= 0.3 is 0 Å². The van der Waals surface area contributed by atoms with Crippen LogP contribution in [0.1, 0.15) is 5.56 Å². The summed E-state index contributed by atoms with van der Waals surface area (Å²) in [4.78, 5) is 0. The third kappa shape index (κ3) is 1.71. The molecular weight excluding hydrogens is 164 g/mol. The van der Waals surface area contributed by atoms with E-state index >= 15 is 0 Å². The highest BCUT2D eigenvalue weighted by atomic mass is 19.1. The van der Waals surface area contributed by atoms with E-state index in [1.807, 2.05) is 0 Å². The summed E-state index contributed by atoms with van der Waals surface area (Å²) in [5.41, 5.74) is 5.35. The Morgan fingerprint density at radius 1 is 1.25 bits per heavy atom. The SMILES string of the molecule is NCCc1cc(F)c(O)cc1F. The van der Waals surface area contributed by atoms with Gasteiger partial charge < -0.3 is 10.8 Å². The molecule has 0 aromatic heterocycles. The van der Waals surface area contributed by atoms with Crippen LogP contribution in [0.3, 0.4) is 0 Å². The van der Waals surface area contributed by atoms with Gasteiger partial charge in [0.25, 0.3) is 0 Å². The molecule has 0 amide bonds. The van der Waals surface area contributed by atoms with E-state index in [0.717, 1.165) is 12.1 Å². The van der Waals surface area contributed by atoms with Gasteiger partial charge in [-0.1, -0.05) is 0 Å². The first-order valence-corrected chi connectivity index (χ1v) is 3.52. The monoisotopic (exact) mass is 173 g/mol. The lowest BCUT2D eigenvalue weighted by atomic mass is 10.1.